The van der Waals surface area contributed by atoms with E-state index >= 15 is 0 Å². The van der Waals surface area contributed by atoms with Gasteiger partial charge in [-0.25, -0.2) is 17.9 Å². The highest BCUT2D eigenvalue weighted by Gasteiger charge is 2.24. The minimum Gasteiger partial charge on any atom is -0.450 e. The smallest absolute Gasteiger partial charge is 0.409 e. The number of carbonyl (C=O) groups is 2. The number of nitrogens with one attached hydrogen (secondary N) is 2. The molecule has 1 fully saturated rings. The fourth-order valence-electron chi connectivity index (χ4n) is 3.34. The summed E-state index contributed by atoms with van der Waals surface area (Å²) in [5.41, 5.74) is 1.24. The van der Waals surface area contributed by atoms with Crippen molar-refractivity contribution in [1.82, 2.24) is 14.9 Å². The summed E-state index contributed by atoms with van der Waals surface area (Å²) in [5, 5.41) is 3.00. The van der Waals surface area contributed by atoms with E-state index in [0.29, 0.717) is 38.1 Å². The van der Waals surface area contributed by atoms with Crippen LogP contribution >= 0.6 is 15.9 Å². The minimum absolute atomic E-state index is 0.00873. The Morgan fingerprint density at radius 1 is 1.06 bits per heavy atom. The first kappa shape index (κ1) is 24.2. The predicted octanol–water partition coefficient (Wildman–Crippen LogP) is 3.28. The molecular formula is C22H26BrN3O5S. The van der Waals surface area contributed by atoms with Gasteiger partial charge in [0.1, 0.15) is 0 Å². The van der Waals surface area contributed by atoms with Gasteiger partial charge < -0.3 is 15.0 Å². The molecule has 1 aliphatic heterocycles. The van der Waals surface area contributed by atoms with E-state index in [0.717, 1.165) is 10.0 Å². The molecule has 0 saturated carbocycles. The highest BCUT2D eigenvalue weighted by molar-refractivity contribution is 9.10. The maximum atomic E-state index is 12.5. The molecule has 0 atom stereocenters. The van der Waals surface area contributed by atoms with Gasteiger partial charge in [-0.3, -0.25) is 4.79 Å². The third-order valence-corrected chi connectivity index (χ3v) is 7.11. The van der Waals surface area contributed by atoms with Crippen molar-refractivity contribution in [1.29, 1.82) is 0 Å². The molecule has 32 heavy (non-hydrogen) atoms. The average molecular weight is 524 g/mol. The Labute approximate surface area is 196 Å². The van der Waals surface area contributed by atoms with Crippen LogP contribution in [0.5, 0.6) is 0 Å². The molecule has 1 saturated heterocycles. The normalized spacial score (nSPS) is 14.8. The highest BCUT2D eigenvalue weighted by Crippen LogP contribution is 2.16. The van der Waals surface area contributed by atoms with Crippen LogP contribution < -0.4 is 10.0 Å². The molecule has 2 aromatic rings. The molecule has 0 spiro atoms. The first-order chi connectivity index (χ1) is 15.3. The van der Waals surface area contributed by atoms with Crippen LogP contribution in [0.25, 0.3) is 0 Å². The van der Waals surface area contributed by atoms with E-state index in [2.05, 4.69) is 26.0 Å². The zero-order valence-electron chi connectivity index (χ0n) is 17.7. The van der Waals surface area contributed by atoms with E-state index in [1.165, 1.54) is 12.1 Å². The number of halogens is 1. The molecule has 3 rings (SSSR count). The van der Waals surface area contributed by atoms with Crippen LogP contribution in [-0.4, -0.2) is 51.1 Å². The van der Waals surface area contributed by atoms with Crippen molar-refractivity contribution in [2.45, 2.75) is 37.2 Å². The summed E-state index contributed by atoms with van der Waals surface area (Å²) in [7, 11) is -3.62. The summed E-state index contributed by atoms with van der Waals surface area (Å²) in [6, 6.07) is 13.2. The summed E-state index contributed by atoms with van der Waals surface area (Å²) < 4.78 is 33.2. The number of benzene rings is 2. The molecule has 0 bridgehead atoms. The monoisotopic (exact) mass is 523 g/mol. The summed E-state index contributed by atoms with van der Waals surface area (Å²) in [6.07, 6.45) is 1.02. The molecule has 8 nitrogen and oxygen atoms in total. The topological polar surface area (TPSA) is 105 Å². The van der Waals surface area contributed by atoms with Crippen molar-refractivity contribution >= 4 is 38.0 Å². The summed E-state index contributed by atoms with van der Waals surface area (Å²) in [5.74, 6) is -0.193. The van der Waals surface area contributed by atoms with Gasteiger partial charge in [0, 0.05) is 35.7 Å². The van der Waals surface area contributed by atoms with E-state index in [9.17, 15) is 18.0 Å². The maximum Gasteiger partial charge on any atom is 0.409 e. The predicted molar refractivity (Wildman–Crippen MR) is 124 cm³/mol. The number of nitrogens with zero attached hydrogens (tertiary/aromatic N) is 1. The largest absolute Gasteiger partial charge is 0.450 e. The number of sulfonamides is 1. The van der Waals surface area contributed by atoms with Gasteiger partial charge in [-0.1, -0.05) is 28.1 Å². The molecule has 0 unspecified atom stereocenters. The second-order valence-corrected chi connectivity index (χ2v) is 10.1. The second-order valence-electron chi connectivity index (χ2n) is 7.41. The lowest BCUT2D eigenvalue weighted by Gasteiger charge is -2.31. The fraction of sp³-hybridized carbons (Fsp3) is 0.364. The Balaban J connectivity index is 1.49. The lowest BCUT2D eigenvalue weighted by Crippen LogP contribution is -2.46. The van der Waals surface area contributed by atoms with Crippen LogP contribution in [0, 0.1) is 0 Å². The molecular weight excluding hydrogens is 498 g/mol. The number of hydrogen-bond acceptors (Lipinski definition) is 5. The number of likely N-dealkylation sites (tertiary alicyclic amines) is 1. The molecule has 1 heterocycles. The maximum absolute atomic E-state index is 12.5. The lowest BCUT2D eigenvalue weighted by atomic mass is 10.0. The lowest BCUT2D eigenvalue weighted by molar-refractivity contribution is 0.0860. The number of piperidine rings is 1. The van der Waals surface area contributed by atoms with E-state index in [4.69, 9.17) is 4.74 Å². The quantitative estimate of drug-likeness (QED) is 0.579. The molecule has 0 aliphatic carbocycles. The SMILES string of the molecule is CCOC(=O)N1CCC(NC(=O)c2ccc(CNS(=O)(=O)c3ccc(Br)cc3)cc2)CC1. The Hall–Kier alpha value is -2.43. The molecule has 1 aliphatic rings. The Kier molecular flexibility index (Phi) is 8.27. The van der Waals surface area contributed by atoms with Crippen LogP contribution in [0.3, 0.4) is 0 Å². The molecule has 2 N–H and O–H groups in total. The third-order valence-electron chi connectivity index (χ3n) is 5.16. The van der Waals surface area contributed by atoms with Crippen LogP contribution in [0.4, 0.5) is 4.79 Å². The van der Waals surface area contributed by atoms with Gasteiger partial charge in [0.15, 0.2) is 0 Å². The summed E-state index contributed by atoms with van der Waals surface area (Å²) in [4.78, 5) is 26.1. The molecule has 10 heteroatoms. The average Bonchev–Trinajstić information content (AvgIpc) is 2.79. The number of carbonyl (C=O) groups excluding carboxylic acids is 2. The number of ether oxygens (including phenoxy) is 1. The highest BCUT2D eigenvalue weighted by atomic mass is 79.9. The van der Waals surface area contributed by atoms with Gasteiger partial charge in [0.25, 0.3) is 5.91 Å². The minimum atomic E-state index is -3.62. The first-order valence-electron chi connectivity index (χ1n) is 10.3. The zero-order chi connectivity index (χ0) is 23.1. The van der Waals surface area contributed by atoms with Gasteiger partial charge in [0.05, 0.1) is 11.5 Å². The van der Waals surface area contributed by atoms with Crippen LogP contribution in [-0.2, 0) is 21.3 Å². The Bertz CT molecular complexity index is 1030. The van der Waals surface area contributed by atoms with Gasteiger partial charge in [-0.15, -0.1) is 0 Å². The van der Waals surface area contributed by atoms with Crippen molar-refractivity contribution in [3.63, 3.8) is 0 Å². The van der Waals surface area contributed by atoms with Gasteiger partial charge in [-0.2, -0.15) is 0 Å². The Morgan fingerprint density at radius 3 is 2.28 bits per heavy atom. The molecule has 172 valence electrons. The van der Waals surface area contributed by atoms with E-state index < -0.39 is 10.0 Å². The van der Waals surface area contributed by atoms with E-state index in [1.54, 1.807) is 48.2 Å². The van der Waals surface area contributed by atoms with Crippen molar-refractivity contribution < 1.29 is 22.7 Å². The van der Waals surface area contributed by atoms with Crippen molar-refractivity contribution in [2.24, 2.45) is 0 Å². The number of rotatable bonds is 7. The number of hydrogen-bond donors (Lipinski definition) is 2. The van der Waals surface area contributed by atoms with Crippen LogP contribution in [0.2, 0.25) is 0 Å². The standard InChI is InChI=1S/C22H26BrN3O5S/c1-2-31-22(28)26-13-11-19(12-14-26)25-21(27)17-5-3-16(4-6-17)15-24-32(29,30)20-9-7-18(23)8-10-20/h3-10,19,24H,2,11-15H2,1H3,(H,25,27). The van der Waals surface area contributed by atoms with Gasteiger partial charge in [-0.05, 0) is 61.7 Å². The van der Waals surface area contributed by atoms with E-state index in [1.807, 2.05) is 0 Å². The molecule has 0 aromatic heterocycles. The number of amides is 2. The third kappa shape index (κ3) is 6.54. The van der Waals surface area contributed by atoms with Crippen LogP contribution in [0.15, 0.2) is 57.9 Å². The van der Waals surface area contributed by atoms with Crippen molar-refractivity contribution in [3.8, 4) is 0 Å². The Morgan fingerprint density at radius 2 is 1.69 bits per heavy atom. The van der Waals surface area contributed by atoms with Gasteiger partial charge >= 0.3 is 6.09 Å². The van der Waals surface area contributed by atoms with Crippen LogP contribution in [0.1, 0.15) is 35.7 Å². The summed E-state index contributed by atoms with van der Waals surface area (Å²) in [6.45, 7) is 3.32. The second kappa shape index (κ2) is 10.9. The summed E-state index contributed by atoms with van der Waals surface area (Å²) >= 11 is 3.28. The molecule has 0 radical (unpaired) electrons. The molecule has 2 amide bonds. The fourth-order valence-corrected chi connectivity index (χ4v) is 4.62. The van der Waals surface area contributed by atoms with Crippen molar-refractivity contribution in [2.75, 3.05) is 19.7 Å². The first-order valence-corrected chi connectivity index (χ1v) is 12.6. The van der Waals surface area contributed by atoms with Gasteiger partial charge in [0.2, 0.25) is 10.0 Å². The molecule has 2 aromatic carbocycles. The zero-order valence-corrected chi connectivity index (χ0v) is 20.1. The van der Waals surface area contributed by atoms with Crippen molar-refractivity contribution in [3.05, 3.63) is 64.1 Å². The van der Waals surface area contributed by atoms with E-state index in [-0.39, 0.29) is 29.5 Å².